The molecule has 0 aliphatic heterocycles. The molecule has 0 amide bonds. The fourth-order valence-electron chi connectivity index (χ4n) is 8.00. The van der Waals surface area contributed by atoms with Crippen molar-refractivity contribution in [3.8, 4) is 66.9 Å². The summed E-state index contributed by atoms with van der Waals surface area (Å²) in [5, 5.41) is 2.56. The number of hydrogen-bond donors (Lipinski definition) is 0. The Balaban J connectivity index is 1.17. The standard InChI is InChI=1S/C51H34N2/c1-3-13-35(14-4-1)36-24-26-37(27-25-36)38-28-30-41(31-29-38)53(49-23-8-7-19-43(49)39-15-5-2-6-16-39)42-33-46-44-20-11-17-40-18-12-21-45(50(40)44)51(46)47(34-42)48-22-9-10-32-52-48/h1-34H. The molecule has 1 heterocycles. The molecule has 1 aromatic heterocycles. The monoisotopic (exact) mass is 674 g/mol. The smallest absolute Gasteiger partial charge is 0.0709 e. The maximum absolute atomic E-state index is 4.92. The summed E-state index contributed by atoms with van der Waals surface area (Å²) in [6, 6.07) is 72.1. The van der Waals surface area contributed by atoms with E-state index in [1.165, 1.54) is 66.4 Å². The lowest BCUT2D eigenvalue weighted by atomic mass is 9.93. The molecule has 53 heavy (non-hydrogen) atoms. The number of nitrogens with zero attached hydrogens (tertiary/aromatic N) is 2. The molecule has 248 valence electrons. The summed E-state index contributed by atoms with van der Waals surface area (Å²) in [5.41, 5.74) is 17.5. The predicted molar refractivity (Wildman–Crippen MR) is 223 cm³/mol. The van der Waals surface area contributed by atoms with Gasteiger partial charge in [-0.1, -0.05) is 158 Å². The Hall–Kier alpha value is -7.03. The van der Waals surface area contributed by atoms with Crippen LogP contribution in [-0.2, 0) is 0 Å². The highest BCUT2D eigenvalue weighted by Gasteiger charge is 2.28. The van der Waals surface area contributed by atoms with Crippen LogP contribution in [0.2, 0.25) is 0 Å². The molecule has 0 fully saturated rings. The van der Waals surface area contributed by atoms with Gasteiger partial charge in [0.2, 0.25) is 0 Å². The van der Waals surface area contributed by atoms with Crippen LogP contribution in [-0.4, -0.2) is 4.98 Å². The van der Waals surface area contributed by atoms with Crippen molar-refractivity contribution in [2.24, 2.45) is 0 Å². The molecule has 1 aliphatic rings. The molecule has 0 N–H and O–H groups in total. The van der Waals surface area contributed by atoms with Gasteiger partial charge in [0.05, 0.1) is 11.4 Å². The molecule has 0 bridgehead atoms. The fourth-order valence-corrected chi connectivity index (χ4v) is 8.00. The topological polar surface area (TPSA) is 16.1 Å². The molecule has 0 saturated heterocycles. The summed E-state index contributed by atoms with van der Waals surface area (Å²) < 4.78 is 0. The van der Waals surface area contributed by atoms with E-state index >= 15 is 0 Å². The quantitative estimate of drug-likeness (QED) is 0.167. The van der Waals surface area contributed by atoms with Gasteiger partial charge in [0.15, 0.2) is 0 Å². The summed E-state index contributed by atoms with van der Waals surface area (Å²) in [5.74, 6) is 0. The molecule has 9 aromatic rings. The minimum atomic E-state index is 0.959. The molecule has 0 saturated carbocycles. The lowest BCUT2D eigenvalue weighted by molar-refractivity contribution is 1.28. The van der Waals surface area contributed by atoms with Gasteiger partial charge < -0.3 is 4.90 Å². The van der Waals surface area contributed by atoms with Crippen LogP contribution in [0.15, 0.2) is 206 Å². The van der Waals surface area contributed by atoms with E-state index in [1.807, 2.05) is 12.3 Å². The second-order valence-corrected chi connectivity index (χ2v) is 13.5. The van der Waals surface area contributed by atoms with Gasteiger partial charge >= 0.3 is 0 Å². The zero-order valence-corrected chi connectivity index (χ0v) is 29.0. The van der Waals surface area contributed by atoms with E-state index in [4.69, 9.17) is 4.98 Å². The molecule has 8 aromatic carbocycles. The summed E-state index contributed by atoms with van der Waals surface area (Å²) in [6.07, 6.45) is 1.89. The minimum Gasteiger partial charge on any atom is -0.310 e. The average Bonchev–Trinajstić information content (AvgIpc) is 3.57. The first-order valence-corrected chi connectivity index (χ1v) is 18.1. The van der Waals surface area contributed by atoms with Gasteiger partial charge in [0, 0.05) is 28.7 Å². The van der Waals surface area contributed by atoms with E-state index in [1.54, 1.807) is 0 Å². The number of anilines is 3. The van der Waals surface area contributed by atoms with E-state index < -0.39 is 0 Å². The highest BCUT2D eigenvalue weighted by Crippen LogP contribution is 2.54. The van der Waals surface area contributed by atoms with Crippen LogP contribution >= 0.6 is 0 Å². The normalized spacial score (nSPS) is 11.4. The van der Waals surface area contributed by atoms with Crippen LogP contribution in [0.4, 0.5) is 17.1 Å². The van der Waals surface area contributed by atoms with Gasteiger partial charge in [0.25, 0.3) is 0 Å². The molecule has 0 atom stereocenters. The summed E-state index contributed by atoms with van der Waals surface area (Å²) in [7, 11) is 0. The number of rotatable bonds is 7. The molecule has 2 heteroatoms. The van der Waals surface area contributed by atoms with Gasteiger partial charge in [-0.2, -0.15) is 0 Å². The van der Waals surface area contributed by atoms with E-state index in [0.717, 1.165) is 28.3 Å². The second-order valence-electron chi connectivity index (χ2n) is 13.5. The Morgan fingerprint density at radius 3 is 1.57 bits per heavy atom. The minimum absolute atomic E-state index is 0.959. The SMILES string of the molecule is c1ccc(-c2ccc(-c3ccc(N(c4cc(-c5ccccn5)c5c(c4)-c4cccc6cccc-5c46)c4ccccc4-c4ccccc4)cc3)cc2)cc1. The lowest BCUT2D eigenvalue weighted by Gasteiger charge is -2.29. The van der Waals surface area contributed by atoms with Gasteiger partial charge in [0.1, 0.15) is 0 Å². The predicted octanol–water partition coefficient (Wildman–Crippen LogP) is 14.0. The molecule has 1 aliphatic carbocycles. The fraction of sp³-hybridized carbons (Fsp3) is 0. The maximum atomic E-state index is 4.92. The average molecular weight is 675 g/mol. The molecular formula is C51H34N2. The zero-order chi connectivity index (χ0) is 35.1. The summed E-state index contributed by atoms with van der Waals surface area (Å²) in [6.45, 7) is 0. The molecule has 10 rings (SSSR count). The number of para-hydroxylation sites is 1. The number of benzene rings is 8. The van der Waals surface area contributed by atoms with Crippen molar-refractivity contribution in [2.75, 3.05) is 4.90 Å². The summed E-state index contributed by atoms with van der Waals surface area (Å²) in [4.78, 5) is 7.33. The Morgan fingerprint density at radius 1 is 0.340 bits per heavy atom. The lowest BCUT2D eigenvalue weighted by Crippen LogP contribution is -2.12. The largest absolute Gasteiger partial charge is 0.310 e. The van der Waals surface area contributed by atoms with Crippen molar-refractivity contribution in [1.29, 1.82) is 0 Å². The van der Waals surface area contributed by atoms with Crippen molar-refractivity contribution in [1.82, 2.24) is 4.98 Å². The van der Waals surface area contributed by atoms with Crippen LogP contribution < -0.4 is 4.90 Å². The van der Waals surface area contributed by atoms with Gasteiger partial charge in [-0.05, 0) is 103 Å². The first-order valence-electron chi connectivity index (χ1n) is 18.1. The van der Waals surface area contributed by atoms with Crippen molar-refractivity contribution < 1.29 is 0 Å². The van der Waals surface area contributed by atoms with E-state index in [-0.39, 0.29) is 0 Å². The Morgan fingerprint density at radius 2 is 0.887 bits per heavy atom. The van der Waals surface area contributed by atoms with Gasteiger partial charge in [-0.25, -0.2) is 0 Å². The highest BCUT2D eigenvalue weighted by molar-refractivity contribution is 6.18. The third-order valence-corrected chi connectivity index (χ3v) is 10.5. The first-order chi connectivity index (χ1) is 26.3. The van der Waals surface area contributed by atoms with Crippen LogP contribution in [0.1, 0.15) is 0 Å². The highest BCUT2D eigenvalue weighted by atomic mass is 15.1. The number of aromatic nitrogens is 1. The van der Waals surface area contributed by atoms with Crippen LogP contribution in [0, 0.1) is 0 Å². The molecule has 2 nitrogen and oxygen atoms in total. The summed E-state index contributed by atoms with van der Waals surface area (Å²) >= 11 is 0. The Bertz CT molecular complexity index is 2730. The van der Waals surface area contributed by atoms with E-state index in [2.05, 4.69) is 199 Å². The van der Waals surface area contributed by atoms with Crippen LogP contribution in [0.5, 0.6) is 0 Å². The molecule has 0 radical (unpaired) electrons. The molecular weight excluding hydrogens is 641 g/mol. The van der Waals surface area contributed by atoms with Crippen LogP contribution in [0.3, 0.4) is 0 Å². The second kappa shape index (κ2) is 12.9. The number of pyridine rings is 1. The first kappa shape index (κ1) is 30.8. The van der Waals surface area contributed by atoms with Crippen molar-refractivity contribution in [3.05, 3.63) is 206 Å². The molecule has 0 unspecified atom stereocenters. The van der Waals surface area contributed by atoms with Gasteiger partial charge in [-0.15, -0.1) is 0 Å². The van der Waals surface area contributed by atoms with E-state index in [0.29, 0.717) is 0 Å². The van der Waals surface area contributed by atoms with Crippen LogP contribution in [0.25, 0.3) is 77.7 Å². The Kier molecular flexibility index (Phi) is 7.51. The number of fused-ring (bicyclic) bond motifs is 3. The molecule has 0 spiro atoms. The Labute approximate surface area is 309 Å². The third-order valence-electron chi connectivity index (χ3n) is 10.5. The van der Waals surface area contributed by atoms with Crippen molar-refractivity contribution in [3.63, 3.8) is 0 Å². The van der Waals surface area contributed by atoms with Gasteiger partial charge in [-0.3, -0.25) is 4.98 Å². The zero-order valence-electron chi connectivity index (χ0n) is 29.0. The number of hydrogen-bond acceptors (Lipinski definition) is 2. The van der Waals surface area contributed by atoms with E-state index in [9.17, 15) is 0 Å². The van der Waals surface area contributed by atoms with Crippen molar-refractivity contribution >= 4 is 27.8 Å². The maximum Gasteiger partial charge on any atom is 0.0709 e. The third kappa shape index (κ3) is 5.40. The van der Waals surface area contributed by atoms with Crippen molar-refractivity contribution in [2.45, 2.75) is 0 Å².